The summed E-state index contributed by atoms with van der Waals surface area (Å²) >= 11 is 0. The van der Waals surface area contributed by atoms with Crippen molar-refractivity contribution in [2.45, 2.75) is 0 Å². The van der Waals surface area contributed by atoms with E-state index in [1.165, 1.54) is 12.0 Å². The van der Waals surface area contributed by atoms with E-state index >= 15 is 0 Å². The van der Waals surface area contributed by atoms with E-state index < -0.39 is 6.09 Å². The molecule has 1 aromatic carbocycles. The Bertz CT molecular complexity index is 700. The summed E-state index contributed by atoms with van der Waals surface area (Å²) in [5, 5.41) is 2.74. The van der Waals surface area contributed by atoms with Crippen LogP contribution in [0.3, 0.4) is 0 Å². The van der Waals surface area contributed by atoms with Gasteiger partial charge < -0.3 is 10.1 Å². The number of amides is 2. The molecule has 0 bridgehead atoms. The molecule has 1 N–H and O–H groups in total. The zero-order chi connectivity index (χ0) is 14.1. The molecule has 1 aromatic heterocycles. The molecule has 1 aliphatic heterocycles. The Kier molecular flexibility index (Phi) is 2.83. The van der Waals surface area contributed by atoms with Crippen LogP contribution in [0.1, 0.15) is 10.4 Å². The summed E-state index contributed by atoms with van der Waals surface area (Å²) in [5.41, 5.74) is 1.28. The number of hydrogen-bond acceptors (Lipinski definition) is 4. The molecule has 0 spiro atoms. The molecule has 0 atom stereocenters. The highest BCUT2D eigenvalue weighted by Gasteiger charge is 2.30. The van der Waals surface area contributed by atoms with Gasteiger partial charge in [-0.05, 0) is 24.3 Å². The van der Waals surface area contributed by atoms with Crippen LogP contribution in [-0.4, -0.2) is 24.1 Å². The largest absolute Gasteiger partial charge is 0.452 e. The maximum atomic E-state index is 12.2. The molecule has 2 aromatic rings. The number of benzene rings is 1. The van der Waals surface area contributed by atoms with E-state index in [4.69, 9.17) is 4.74 Å². The number of ether oxygens (including phenoxy) is 1. The molecule has 1 aliphatic rings. The fraction of sp³-hybridized carbons (Fsp3) is 0.0714. The molecule has 0 unspecified atom stereocenters. The molecular formula is C14H11N3O3. The lowest BCUT2D eigenvalue weighted by Gasteiger charge is -2.20. The highest BCUT2D eigenvalue weighted by Crippen LogP contribution is 2.36. The Morgan fingerprint density at radius 1 is 1.25 bits per heavy atom. The lowest BCUT2D eigenvalue weighted by Crippen LogP contribution is -2.27. The van der Waals surface area contributed by atoms with E-state index in [0.29, 0.717) is 22.8 Å². The van der Waals surface area contributed by atoms with Gasteiger partial charge >= 0.3 is 6.09 Å². The molecular weight excluding hydrogens is 258 g/mol. The molecule has 2 heterocycles. The van der Waals surface area contributed by atoms with Crippen molar-refractivity contribution < 1.29 is 14.3 Å². The molecule has 6 nitrogen and oxygen atoms in total. The van der Waals surface area contributed by atoms with Crippen LogP contribution in [-0.2, 0) is 4.74 Å². The topological polar surface area (TPSA) is 71.5 Å². The first-order chi connectivity index (χ1) is 9.72. The first-order valence-corrected chi connectivity index (χ1v) is 5.96. The van der Waals surface area contributed by atoms with Crippen molar-refractivity contribution in [2.75, 3.05) is 17.3 Å². The predicted molar refractivity (Wildman–Crippen MR) is 73.2 cm³/mol. The minimum Gasteiger partial charge on any atom is -0.452 e. The van der Waals surface area contributed by atoms with Gasteiger partial charge in [-0.25, -0.2) is 14.7 Å². The fourth-order valence-corrected chi connectivity index (χ4v) is 2.11. The van der Waals surface area contributed by atoms with Crippen molar-refractivity contribution in [3.05, 3.63) is 48.2 Å². The lowest BCUT2D eigenvalue weighted by molar-refractivity contribution is 0.102. The van der Waals surface area contributed by atoms with Crippen LogP contribution < -0.4 is 10.2 Å². The van der Waals surface area contributed by atoms with Crippen LogP contribution in [0.25, 0.3) is 0 Å². The first-order valence-electron chi connectivity index (χ1n) is 5.96. The Morgan fingerprint density at radius 2 is 2.05 bits per heavy atom. The number of aromatic nitrogens is 1. The maximum Gasteiger partial charge on any atom is 0.419 e. The maximum absolute atomic E-state index is 12.2. The van der Waals surface area contributed by atoms with Gasteiger partial charge in [-0.1, -0.05) is 12.1 Å². The lowest BCUT2D eigenvalue weighted by atomic mass is 10.1. The Labute approximate surface area is 115 Å². The first kappa shape index (κ1) is 12.2. The smallest absolute Gasteiger partial charge is 0.419 e. The van der Waals surface area contributed by atoms with Gasteiger partial charge in [0.2, 0.25) is 0 Å². The van der Waals surface area contributed by atoms with E-state index in [1.54, 1.807) is 42.6 Å². The van der Waals surface area contributed by atoms with Crippen molar-refractivity contribution in [3.8, 4) is 0 Å². The van der Waals surface area contributed by atoms with Gasteiger partial charge in [0.25, 0.3) is 5.91 Å². The number of pyridine rings is 1. The Hall–Kier alpha value is -2.89. The highest BCUT2D eigenvalue weighted by molar-refractivity contribution is 6.16. The van der Waals surface area contributed by atoms with Gasteiger partial charge in [-0.2, -0.15) is 0 Å². The summed E-state index contributed by atoms with van der Waals surface area (Å²) in [7, 11) is 1.29. The van der Waals surface area contributed by atoms with Gasteiger partial charge in [0, 0.05) is 6.20 Å². The SMILES string of the molecule is COC(=O)N1c2ccccc2C(=O)Nc2cccnc21. The average Bonchev–Trinajstić information content (AvgIpc) is 2.61. The number of anilines is 3. The number of carbonyl (C=O) groups is 2. The van der Waals surface area contributed by atoms with Gasteiger partial charge in [-0.15, -0.1) is 0 Å². The van der Waals surface area contributed by atoms with Crippen LogP contribution >= 0.6 is 0 Å². The zero-order valence-electron chi connectivity index (χ0n) is 10.7. The number of nitrogens with zero attached hydrogens (tertiary/aromatic N) is 2. The quantitative estimate of drug-likeness (QED) is 0.797. The molecule has 0 saturated heterocycles. The van der Waals surface area contributed by atoms with Gasteiger partial charge in [0.15, 0.2) is 5.82 Å². The van der Waals surface area contributed by atoms with Crippen LogP contribution in [0.2, 0.25) is 0 Å². The summed E-state index contributed by atoms with van der Waals surface area (Å²) in [5.74, 6) is 0.0407. The van der Waals surface area contributed by atoms with Crippen LogP contribution in [0, 0.1) is 0 Å². The third-order valence-electron chi connectivity index (χ3n) is 2.99. The van der Waals surface area contributed by atoms with E-state index in [-0.39, 0.29) is 5.91 Å². The molecule has 0 saturated carbocycles. The highest BCUT2D eigenvalue weighted by atomic mass is 16.5. The van der Waals surface area contributed by atoms with Crippen molar-refractivity contribution in [2.24, 2.45) is 0 Å². The van der Waals surface area contributed by atoms with E-state index in [0.717, 1.165) is 0 Å². The number of hydrogen-bond donors (Lipinski definition) is 1. The van der Waals surface area contributed by atoms with E-state index in [9.17, 15) is 9.59 Å². The summed E-state index contributed by atoms with van der Waals surface area (Å²) in [6, 6.07) is 10.2. The van der Waals surface area contributed by atoms with Gasteiger partial charge in [-0.3, -0.25) is 4.79 Å². The number of carbonyl (C=O) groups excluding carboxylic acids is 2. The third-order valence-corrected chi connectivity index (χ3v) is 2.99. The molecule has 0 aliphatic carbocycles. The van der Waals surface area contributed by atoms with Crippen molar-refractivity contribution in [3.63, 3.8) is 0 Å². The number of para-hydroxylation sites is 1. The van der Waals surface area contributed by atoms with Crippen LogP contribution in [0.4, 0.5) is 22.0 Å². The summed E-state index contributed by atoms with van der Waals surface area (Å²) in [6.45, 7) is 0. The molecule has 0 fully saturated rings. The Balaban J connectivity index is 2.29. The molecule has 3 rings (SSSR count). The second-order valence-electron chi connectivity index (χ2n) is 4.15. The zero-order valence-corrected chi connectivity index (χ0v) is 10.7. The van der Waals surface area contributed by atoms with Crippen molar-refractivity contribution >= 4 is 29.2 Å². The normalized spacial score (nSPS) is 12.8. The monoisotopic (exact) mass is 269 g/mol. The molecule has 0 radical (unpaired) electrons. The van der Waals surface area contributed by atoms with Gasteiger partial charge in [0.1, 0.15) is 0 Å². The molecule has 2 amide bonds. The minimum absolute atomic E-state index is 0.291. The third kappa shape index (κ3) is 1.78. The fourth-order valence-electron chi connectivity index (χ4n) is 2.11. The summed E-state index contributed by atoms with van der Waals surface area (Å²) in [4.78, 5) is 29.7. The second kappa shape index (κ2) is 4.65. The van der Waals surface area contributed by atoms with Crippen LogP contribution in [0.5, 0.6) is 0 Å². The predicted octanol–water partition coefficient (Wildman–Crippen LogP) is 2.55. The number of methoxy groups -OCH3 is 1. The Morgan fingerprint density at radius 3 is 2.85 bits per heavy atom. The molecule has 6 heteroatoms. The van der Waals surface area contributed by atoms with E-state index in [1.807, 2.05) is 0 Å². The van der Waals surface area contributed by atoms with Gasteiger partial charge in [0.05, 0.1) is 24.0 Å². The second-order valence-corrected chi connectivity index (χ2v) is 4.15. The van der Waals surface area contributed by atoms with Crippen molar-refractivity contribution in [1.29, 1.82) is 0 Å². The number of rotatable bonds is 0. The number of nitrogens with one attached hydrogen (secondary N) is 1. The number of fused-ring (bicyclic) bond motifs is 2. The van der Waals surface area contributed by atoms with Crippen molar-refractivity contribution in [1.82, 2.24) is 4.98 Å². The average molecular weight is 269 g/mol. The standard InChI is InChI=1S/C14H11N3O3/c1-20-14(19)17-11-7-3-2-5-9(11)13(18)16-10-6-4-8-15-12(10)17/h2-8H,1H3,(H,16,18). The minimum atomic E-state index is -0.603. The van der Waals surface area contributed by atoms with Crippen LogP contribution in [0.15, 0.2) is 42.6 Å². The summed E-state index contributed by atoms with van der Waals surface area (Å²) < 4.78 is 4.80. The van der Waals surface area contributed by atoms with E-state index in [2.05, 4.69) is 10.3 Å². The molecule has 20 heavy (non-hydrogen) atoms. The summed E-state index contributed by atoms with van der Waals surface area (Å²) in [6.07, 6.45) is 0.948. The molecule has 100 valence electrons.